The summed E-state index contributed by atoms with van der Waals surface area (Å²) in [5, 5.41) is 0.566. The standard InChI is InChI=1S/C13H21ClN4O2S/c1-21(19,20)18-6-2-3-10(9-18)7-13(17-15)11-4-5-16-8-12(11)14/h4-5,8,10,13,17H,2-3,6-7,9,15H2,1H3. The minimum Gasteiger partial charge on any atom is -0.271 e. The Morgan fingerprint density at radius 2 is 2.38 bits per heavy atom. The molecular weight excluding hydrogens is 312 g/mol. The highest BCUT2D eigenvalue weighted by Gasteiger charge is 2.28. The van der Waals surface area contributed by atoms with Crippen LogP contribution in [0.2, 0.25) is 5.02 Å². The molecule has 0 radical (unpaired) electrons. The molecule has 0 aromatic carbocycles. The smallest absolute Gasteiger partial charge is 0.211 e. The van der Waals surface area contributed by atoms with E-state index in [4.69, 9.17) is 17.4 Å². The molecule has 1 fully saturated rings. The Hall–Kier alpha value is -0.730. The number of piperidine rings is 1. The normalized spacial score (nSPS) is 22.1. The van der Waals surface area contributed by atoms with Crippen molar-refractivity contribution >= 4 is 21.6 Å². The van der Waals surface area contributed by atoms with E-state index in [1.54, 1.807) is 16.7 Å². The van der Waals surface area contributed by atoms with Crippen LogP contribution in [0.25, 0.3) is 0 Å². The van der Waals surface area contributed by atoms with Crippen molar-refractivity contribution in [1.29, 1.82) is 0 Å². The Labute approximate surface area is 130 Å². The van der Waals surface area contributed by atoms with Crippen molar-refractivity contribution in [2.45, 2.75) is 25.3 Å². The molecule has 118 valence electrons. The van der Waals surface area contributed by atoms with Crippen molar-refractivity contribution in [1.82, 2.24) is 14.7 Å². The van der Waals surface area contributed by atoms with E-state index in [1.165, 1.54) is 6.26 Å². The average Bonchev–Trinajstić information content (AvgIpc) is 2.45. The number of pyridine rings is 1. The van der Waals surface area contributed by atoms with Crippen LogP contribution < -0.4 is 11.3 Å². The fourth-order valence-electron chi connectivity index (χ4n) is 2.81. The second-order valence-electron chi connectivity index (χ2n) is 5.48. The van der Waals surface area contributed by atoms with Gasteiger partial charge in [0.15, 0.2) is 0 Å². The second kappa shape index (κ2) is 7.02. The molecule has 0 saturated carbocycles. The maximum Gasteiger partial charge on any atom is 0.211 e. The number of nitrogens with zero attached hydrogens (tertiary/aromatic N) is 2. The van der Waals surface area contributed by atoms with Gasteiger partial charge in [0, 0.05) is 31.5 Å². The zero-order valence-electron chi connectivity index (χ0n) is 12.0. The first-order chi connectivity index (χ1) is 9.91. The Bertz CT molecular complexity index is 581. The highest BCUT2D eigenvalue weighted by molar-refractivity contribution is 7.88. The summed E-state index contributed by atoms with van der Waals surface area (Å²) >= 11 is 6.15. The highest BCUT2D eigenvalue weighted by atomic mass is 35.5. The van der Waals surface area contributed by atoms with Gasteiger partial charge < -0.3 is 0 Å². The molecule has 3 N–H and O–H groups in total. The minimum atomic E-state index is -3.13. The summed E-state index contributed by atoms with van der Waals surface area (Å²) < 4.78 is 24.9. The number of rotatable bonds is 5. The molecule has 1 aliphatic rings. The molecule has 1 saturated heterocycles. The Kier molecular flexibility index (Phi) is 5.56. The van der Waals surface area contributed by atoms with E-state index in [2.05, 4.69) is 10.4 Å². The maximum absolute atomic E-state index is 11.7. The van der Waals surface area contributed by atoms with Gasteiger partial charge in [-0.2, -0.15) is 0 Å². The van der Waals surface area contributed by atoms with Crippen molar-refractivity contribution in [3.63, 3.8) is 0 Å². The van der Waals surface area contributed by atoms with E-state index in [1.807, 2.05) is 6.07 Å². The van der Waals surface area contributed by atoms with Crippen LogP contribution in [-0.4, -0.2) is 37.1 Å². The Morgan fingerprint density at radius 3 is 3.00 bits per heavy atom. The van der Waals surface area contributed by atoms with E-state index in [0.717, 1.165) is 24.8 Å². The predicted molar refractivity (Wildman–Crippen MR) is 83.1 cm³/mol. The van der Waals surface area contributed by atoms with Gasteiger partial charge in [0.05, 0.1) is 11.3 Å². The summed E-state index contributed by atoms with van der Waals surface area (Å²) in [7, 11) is -3.13. The summed E-state index contributed by atoms with van der Waals surface area (Å²) in [4.78, 5) is 3.96. The molecule has 2 atom stereocenters. The van der Waals surface area contributed by atoms with Gasteiger partial charge in [-0.05, 0) is 36.8 Å². The molecule has 2 heterocycles. The van der Waals surface area contributed by atoms with Gasteiger partial charge >= 0.3 is 0 Å². The fraction of sp³-hybridized carbons (Fsp3) is 0.615. The molecule has 0 spiro atoms. The molecule has 1 aliphatic heterocycles. The number of nitrogens with one attached hydrogen (secondary N) is 1. The lowest BCUT2D eigenvalue weighted by Gasteiger charge is -2.33. The summed E-state index contributed by atoms with van der Waals surface area (Å²) in [5.41, 5.74) is 3.67. The fourth-order valence-corrected chi connectivity index (χ4v) is 4.00. The van der Waals surface area contributed by atoms with Gasteiger partial charge in [0.2, 0.25) is 10.0 Å². The molecule has 6 nitrogen and oxygen atoms in total. The van der Waals surface area contributed by atoms with Crippen LogP contribution in [0.3, 0.4) is 0 Å². The van der Waals surface area contributed by atoms with Crippen molar-refractivity contribution in [3.8, 4) is 0 Å². The van der Waals surface area contributed by atoms with Crippen LogP contribution in [0.4, 0.5) is 0 Å². The molecule has 0 aliphatic carbocycles. The number of hydrazine groups is 1. The zero-order chi connectivity index (χ0) is 15.5. The van der Waals surface area contributed by atoms with Crippen molar-refractivity contribution in [2.75, 3.05) is 19.3 Å². The zero-order valence-corrected chi connectivity index (χ0v) is 13.6. The van der Waals surface area contributed by atoms with Gasteiger partial charge in [-0.15, -0.1) is 0 Å². The molecule has 1 aromatic heterocycles. The van der Waals surface area contributed by atoms with Gasteiger partial charge in [-0.3, -0.25) is 16.3 Å². The molecule has 0 amide bonds. The molecule has 0 bridgehead atoms. The summed E-state index contributed by atoms with van der Waals surface area (Å²) in [6.45, 7) is 1.14. The average molecular weight is 333 g/mol. The molecule has 21 heavy (non-hydrogen) atoms. The third-order valence-corrected chi connectivity index (χ3v) is 5.49. The SMILES string of the molecule is CS(=O)(=O)N1CCCC(CC(NN)c2ccncc2Cl)C1. The van der Waals surface area contributed by atoms with Gasteiger partial charge in [0.25, 0.3) is 0 Å². The van der Waals surface area contributed by atoms with Crippen LogP contribution in [0.1, 0.15) is 30.9 Å². The number of halogens is 1. The van der Waals surface area contributed by atoms with E-state index in [0.29, 0.717) is 18.1 Å². The van der Waals surface area contributed by atoms with Gasteiger partial charge in [-0.25, -0.2) is 12.7 Å². The first kappa shape index (κ1) is 16.6. The van der Waals surface area contributed by atoms with Gasteiger partial charge in [0.1, 0.15) is 0 Å². The van der Waals surface area contributed by atoms with E-state index in [-0.39, 0.29) is 12.0 Å². The second-order valence-corrected chi connectivity index (χ2v) is 7.87. The van der Waals surface area contributed by atoms with Crippen LogP contribution in [0.5, 0.6) is 0 Å². The van der Waals surface area contributed by atoms with Crippen LogP contribution >= 0.6 is 11.6 Å². The third-order valence-electron chi connectivity index (χ3n) is 3.90. The minimum absolute atomic E-state index is 0.106. The number of nitrogens with two attached hydrogens (primary N) is 1. The molecule has 1 aromatic rings. The summed E-state index contributed by atoms with van der Waals surface area (Å²) in [6, 6.07) is 1.73. The molecular formula is C13H21ClN4O2S. The highest BCUT2D eigenvalue weighted by Crippen LogP contribution is 2.30. The van der Waals surface area contributed by atoms with Crippen LogP contribution in [-0.2, 0) is 10.0 Å². The molecule has 2 rings (SSSR count). The lowest BCUT2D eigenvalue weighted by atomic mass is 9.90. The van der Waals surface area contributed by atoms with Crippen molar-refractivity contribution < 1.29 is 8.42 Å². The van der Waals surface area contributed by atoms with Crippen LogP contribution in [0.15, 0.2) is 18.5 Å². The quantitative estimate of drug-likeness (QED) is 0.627. The molecule has 2 unspecified atom stereocenters. The topological polar surface area (TPSA) is 88.3 Å². The van der Waals surface area contributed by atoms with Gasteiger partial charge in [-0.1, -0.05) is 11.6 Å². The number of sulfonamides is 1. The lowest BCUT2D eigenvalue weighted by Crippen LogP contribution is -2.41. The monoisotopic (exact) mass is 332 g/mol. The first-order valence-corrected chi connectivity index (χ1v) is 9.15. The summed E-state index contributed by atoms with van der Waals surface area (Å²) in [6.07, 6.45) is 7.13. The van der Waals surface area contributed by atoms with Crippen molar-refractivity contribution in [3.05, 3.63) is 29.0 Å². The number of hydrogen-bond donors (Lipinski definition) is 2. The first-order valence-electron chi connectivity index (χ1n) is 6.92. The van der Waals surface area contributed by atoms with Crippen LogP contribution in [0, 0.1) is 5.92 Å². The number of hydrogen-bond acceptors (Lipinski definition) is 5. The van der Waals surface area contributed by atoms with E-state index < -0.39 is 10.0 Å². The maximum atomic E-state index is 11.7. The largest absolute Gasteiger partial charge is 0.271 e. The molecule has 8 heteroatoms. The number of aromatic nitrogens is 1. The Balaban J connectivity index is 2.07. The predicted octanol–water partition coefficient (Wildman–Crippen LogP) is 1.30. The Morgan fingerprint density at radius 1 is 1.62 bits per heavy atom. The summed E-state index contributed by atoms with van der Waals surface area (Å²) in [5.74, 6) is 5.91. The van der Waals surface area contributed by atoms with E-state index >= 15 is 0 Å². The van der Waals surface area contributed by atoms with Crippen molar-refractivity contribution in [2.24, 2.45) is 11.8 Å². The van der Waals surface area contributed by atoms with E-state index in [9.17, 15) is 8.42 Å². The lowest BCUT2D eigenvalue weighted by molar-refractivity contribution is 0.238. The third kappa shape index (κ3) is 4.37.